The van der Waals surface area contributed by atoms with E-state index in [-0.39, 0.29) is 18.6 Å². The molecule has 1 atom stereocenters. The number of carbonyl (C=O) groups is 1. The second-order valence-corrected chi connectivity index (χ2v) is 6.20. The molecule has 0 aliphatic carbocycles. The molecule has 1 aromatic rings. The number of amides is 1. The van der Waals surface area contributed by atoms with Gasteiger partial charge in [-0.1, -0.05) is 25.1 Å². The monoisotopic (exact) mass is 335 g/mol. The summed E-state index contributed by atoms with van der Waals surface area (Å²) in [6.45, 7) is 7.59. The topological polar surface area (TPSA) is 54.0 Å². The molecule has 6 heteroatoms. The van der Waals surface area contributed by atoms with Crippen molar-refractivity contribution >= 4 is 5.91 Å². The third-order valence-corrected chi connectivity index (χ3v) is 4.18. The summed E-state index contributed by atoms with van der Waals surface area (Å²) < 4.78 is 11.5. The molecule has 1 aliphatic rings. The standard InChI is InChI=1S/C18H29N3O3/c1-4-21-9-10-23-16(13-21)12-19-11-15-7-5-6-8-17(15)24-14-18(22)20(2)3/h5-8,16,19H,4,9-14H2,1-3H3/t16-/m0/s1. The minimum Gasteiger partial charge on any atom is -0.483 e. The van der Waals surface area contributed by atoms with Crippen LogP contribution in [0.25, 0.3) is 0 Å². The van der Waals surface area contributed by atoms with Gasteiger partial charge in [0.2, 0.25) is 0 Å². The van der Waals surface area contributed by atoms with Gasteiger partial charge in [0.25, 0.3) is 5.91 Å². The molecule has 1 saturated heterocycles. The molecule has 1 heterocycles. The van der Waals surface area contributed by atoms with Gasteiger partial charge in [-0.2, -0.15) is 0 Å². The lowest BCUT2D eigenvalue weighted by Gasteiger charge is -2.32. The number of nitrogens with zero attached hydrogens (tertiary/aromatic N) is 2. The van der Waals surface area contributed by atoms with Gasteiger partial charge in [0.05, 0.1) is 12.7 Å². The number of hydrogen-bond acceptors (Lipinski definition) is 5. The van der Waals surface area contributed by atoms with Gasteiger partial charge in [-0.25, -0.2) is 0 Å². The van der Waals surface area contributed by atoms with Gasteiger partial charge in [0.15, 0.2) is 6.61 Å². The summed E-state index contributed by atoms with van der Waals surface area (Å²) >= 11 is 0. The number of likely N-dealkylation sites (N-methyl/N-ethyl adjacent to an activating group) is 2. The lowest BCUT2D eigenvalue weighted by atomic mass is 10.2. The molecule has 0 aromatic heterocycles. The van der Waals surface area contributed by atoms with E-state index in [1.165, 1.54) is 4.90 Å². The second kappa shape index (κ2) is 9.61. The van der Waals surface area contributed by atoms with Crippen molar-refractivity contribution < 1.29 is 14.3 Å². The maximum Gasteiger partial charge on any atom is 0.259 e. The molecule has 24 heavy (non-hydrogen) atoms. The van der Waals surface area contributed by atoms with Crippen molar-refractivity contribution in [2.75, 3.05) is 53.5 Å². The van der Waals surface area contributed by atoms with Gasteiger partial charge >= 0.3 is 0 Å². The van der Waals surface area contributed by atoms with Gasteiger partial charge in [0, 0.05) is 45.8 Å². The first-order valence-corrected chi connectivity index (χ1v) is 8.55. The molecule has 1 amide bonds. The van der Waals surface area contributed by atoms with Gasteiger partial charge in [-0.3, -0.25) is 9.69 Å². The fourth-order valence-electron chi connectivity index (χ4n) is 2.62. The van der Waals surface area contributed by atoms with E-state index in [0.29, 0.717) is 6.54 Å². The average Bonchev–Trinajstić information content (AvgIpc) is 2.60. The Morgan fingerprint density at radius 2 is 2.21 bits per heavy atom. The highest BCUT2D eigenvalue weighted by molar-refractivity contribution is 5.77. The van der Waals surface area contributed by atoms with Crippen molar-refractivity contribution in [3.8, 4) is 5.75 Å². The third-order valence-electron chi connectivity index (χ3n) is 4.18. The molecule has 1 N–H and O–H groups in total. The second-order valence-electron chi connectivity index (χ2n) is 6.20. The number of benzene rings is 1. The Morgan fingerprint density at radius 3 is 2.96 bits per heavy atom. The van der Waals surface area contributed by atoms with Crippen LogP contribution in [-0.2, 0) is 16.1 Å². The minimum atomic E-state index is -0.0481. The van der Waals surface area contributed by atoms with Crippen molar-refractivity contribution in [3.05, 3.63) is 29.8 Å². The van der Waals surface area contributed by atoms with Crippen LogP contribution in [0.4, 0.5) is 0 Å². The van der Waals surface area contributed by atoms with Crippen LogP contribution < -0.4 is 10.1 Å². The Hall–Kier alpha value is -1.63. The van der Waals surface area contributed by atoms with Crippen molar-refractivity contribution in [3.63, 3.8) is 0 Å². The van der Waals surface area contributed by atoms with Crippen LogP contribution in [0.3, 0.4) is 0 Å². The average molecular weight is 335 g/mol. The predicted octanol–water partition coefficient (Wildman–Crippen LogP) is 0.964. The molecule has 0 saturated carbocycles. The number of hydrogen-bond donors (Lipinski definition) is 1. The molecule has 2 rings (SSSR count). The van der Waals surface area contributed by atoms with Crippen LogP contribution in [0.1, 0.15) is 12.5 Å². The van der Waals surface area contributed by atoms with Crippen LogP contribution in [0.2, 0.25) is 0 Å². The maximum atomic E-state index is 11.7. The summed E-state index contributed by atoms with van der Waals surface area (Å²) in [4.78, 5) is 15.6. The molecule has 0 spiro atoms. The zero-order valence-corrected chi connectivity index (χ0v) is 15.0. The summed E-state index contributed by atoms with van der Waals surface area (Å²) in [5, 5.41) is 3.44. The predicted molar refractivity (Wildman–Crippen MR) is 94.2 cm³/mol. The van der Waals surface area contributed by atoms with E-state index in [4.69, 9.17) is 9.47 Å². The van der Waals surface area contributed by atoms with Crippen LogP contribution in [0, 0.1) is 0 Å². The van der Waals surface area contributed by atoms with Crippen molar-refractivity contribution in [2.45, 2.75) is 19.6 Å². The zero-order valence-electron chi connectivity index (χ0n) is 15.0. The fourth-order valence-corrected chi connectivity index (χ4v) is 2.62. The molecule has 1 aliphatic heterocycles. The van der Waals surface area contributed by atoms with Crippen molar-refractivity contribution in [1.82, 2.24) is 15.1 Å². The van der Waals surface area contributed by atoms with E-state index in [0.717, 1.165) is 44.1 Å². The summed E-state index contributed by atoms with van der Waals surface area (Å²) in [6, 6.07) is 7.81. The maximum absolute atomic E-state index is 11.7. The van der Waals surface area contributed by atoms with E-state index in [1.54, 1.807) is 14.1 Å². The highest BCUT2D eigenvalue weighted by Crippen LogP contribution is 2.18. The quantitative estimate of drug-likeness (QED) is 0.767. The lowest BCUT2D eigenvalue weighted by Crippen LogP contribution is -2.46. The molecule has 1 aromatic carbocycles. The van der Waals surface area contributed by atoms with Gasteiger partial charge in [0.1, 0.15) is 5.75 Å². The number of nitrogens with one attached hydrogen (secondary N) is 1. The first kappa shape index (κ1) is 18.7. The smallest absolute Gasteiger partial charge is 0.259 e. The Morgan fingerprint density at radius 1 is 1.42 bits per heavy atom. The Bertz CT molecular complexity index is 522. The highest BCUT2D eigenvalue weighted by atomic mass is 16.5. The lowest BCUT2D eigenvalue weighted by molar-refractivity contribution is -0.130. The number of morpholine rings is 1. The number of ether oxygens (including phenoxy) is 2. The van der Waals surface area contributed by atoms with E-state index < -0.39 is 0 Å². The first-order valence-electron chi connectivity index (χ1n) is 8.55. The van der Waals surface area contributed by atoms with Gasteiger partial charge in [-0.05, 0) is 12.6 Å². The summed E-state index contributed by atoms with van der Waals surface area (Å²) in [5.41, 5.74) is 1.05. The van der Waals surface area contributed by atoms with Crippen LogP contribution in [-0.4, -0.2) is 75.3 Å². The minimum absolute atomic E-state index is 0.0481. The molecule has 0 bridgehead atoms. The molecular formula is C18H29N3O3. The summed E-state index contributed by atoms with van der Waals surface area (Å²) in [6.07, 6.45) is 0.224. The Labute approximate surface area is 144 Å². The van der Waals surface area contributed by atoms with E-state index >= 15 is 0 Å². The molecule has 0 unspecified atom stereocenters. The third kappa shape index (κ3) is 5.78. The van der Waals surface area contributed by atoms with Crippen LogP contribution in [0.15, 0.2) is 24.3 Å². The number of rotatable bonds is 8. The van der Waals surface area contributed by atoms with Gasteiger partial charge < -0.3 is 19.7 Å². The fraction of sp³-hybridized carbons (Fsp3) is 0.611. The van der Waals surface area contributed by atoms with E-state index in [2.05, 4.69) is 17.1 Å². The van der Waals surface area contributed by atoms with E-state index in [1.807, 2.05) is 24.3 Å². The largest absolute Gasteiger partial charge is 0.483 e. The van der Waals surface area contributed by atoms with Crippen molar-refractivity contribution in [2.24, 2.45) is 0 Å². The molecule has 1 fully saturated rings. The summed E-state index contributed by atoms with van der Waals surface area (Å²) in [7, 11) is 3.45. The number of para-hydroxylation sites is 1. The zero-order chi connectivity index (χ0) is 17.4. The summed E-state index contributed by atoms with van der Waals surface area (Å²) in [5.74, 6) is 0.702. The molecule has 134 valence electrons. The molecular weight excluding hydrogens is 306 g/mol. The number of carbonyl (C=O) groups excluding carboxylic acids is 1. The van der Waals surface area contributed by atoms with Crippen LogP contribution in [0.5, 0.6) is 5.75 Å². The Balaban J connectivity index is 1.81. The van der Waals surface area contributed by atoms with Gasteiger partial charge in [-0.15, -0.1) is 0 Å². The normalized spacial score (nSPS) is 18.4. The van der Waals surface area contributed by atoms with Crippen molar-refractivity contribution in [1.29, 1.82) is 0 Å². The molecule has 6 nitrogen and oxygen atoms in total. The highest BCUT2D eigenvalue weighted by Gasteiger charge is 2.18. The Kier molecular flexibility index (Phi) is 7.49. The van der Waals surface area contributed by atoms with Crippen LogP contribution >= 0.6 is 0 Å². The SMILES string of the molecule is CCN1CCO[C@@H](CNCc2ccccc2OCC(=O)N(C)C)C1. The molecule has 0 radical (unpaired) electrons. The van der Waals surface area contributed by atoms with E-state index in [9.17, 15) is 4.79 Å². The first-order chi connectivity index (χ1) is 11.6.